The van der Waals surface area contributed by atoms with Crippen LogP contribution in [0.25, 0.3) is 0 Å². The van der Waals surface area contributed by atoms with Gasteiger partial charge in [-0.3, -0.25) is 4.79 Å². The number of urea groups is 1. The molecule has 1 saturated heterocycles. The van der Waals surface area contributed by atoms with Gasteiger partial charge in [0.05, 0.1) is 12.6 Å². The Hall–Kier alpha value is -3.02. The molecule has 0 aromatic heterocycles. The largest absolute Gasteiger partial charge is 0.494 e. The van der Waals surface area contributed by atoms with Gasteiger partial charge in [0.25, 0.3) is 0 Å². The number of nitrogens with zero attached hydrogens (tertiary/aromatic N) is 2. The smallest absolute Gasteiger partial charge is 0.317 e. The Balaban J connectivity index is 1.56. The molecule has 3 amide bonds. The maximum Gasteiger partial charge on any atom is 0.317 e. The van der Waals surface area contributed by atoms with Crippen LogP contribution in [0.15, 0.2) is 54.6 Å². The summed E-state index contributed by atoms with van der Waals surface area (Å²) >= 11 is 0. The van der Waals surface area contributed by atoms with Crippen molar-refractivity contribution in [2.75, 3.05) is 25.1 Å². The van der Waals surface area contributed by atoms with E-state index in [4.69, 9.17) is 4.74 Å². The quantitative estimate of drug-likeness (QED) is 0.854. The lowest BCUT2D eigenvalue weighted by atomic mass is 10.2. The van der Waals surface area contributed by atoms with Crippen molar-refractivity contribution in [1.29, 1.82) is 0 Å². The molecule has 1 aliphatic rings. The van der Waals surface area contributed by atoms with Gasteiger partial charge in [0.1, 0.15) is 5.75 Å². The number of benzene rings is 2. The molecule has 0 spiro atoms. The van der Waals surface area contributed by atoms with Crippen LogP contribution >= 0.6 is 0 Å². The minimum absolute atomic E-state index is 0.00942. The van der Waals surface area contributed by atoms with E-state index in [2.05, 4.69) is 5.32 Å². The summed E-state index contributed by atoms with van der Waals surface area (Å²) in [4.78, 5) is 28.1. The molecule has 2 aromatic carbocycles. The van der Waals surface area contributed by atoms with Crippen LogP contribution in [-0.4, -0.2) is 43.1 Å². The van der Waals surface area contributed by atoms with Gasteiger partial charge in [-0.05, 0) is 36.8 Å². The lowest BCUT2D eigenvalue weighted by Gasteiger charge is -2.21. The number of anilines is 1. The predicted octanol–water partition coefficient (Wildman–Crippen LogP) is 3.03. The highest BCUT2D eigenvalue weighted by Crippen LogP contribution is 2.24. The summed E-state index contributed by atoms with van der Waals surface area (Å²) in [7, 11) is 1.75. The average molecular weight is 367 g/mol. The number of carbonyl (C=O) groups excluding carboxylic acids is 2. The second kappa shape index (κ2) is 8.58. The fourth-order valence-corrected chi connectivity index (χ4v) is 3.16. The van der Waals surface area contributed by atoms with Crippen LogP contribution in [-0.2, 0) is 11.3 Å². The molecule has 1 heterocycles. The van der Waals surface area contributed by atoms with Gasteiger partial charge in [-0.2, -0.15) is 0 Å². The number of hydrogen-bond acceptors (Lipinski definition) is 3. The Morgan fingerprint density at radius 1 is 1.19 bits per heavy atom. The molecule has 1 atom stereocenters. The van der Waals surface area contributed by atoms with Gasteiger partial charge in [0.15, 0.2) is 0 Å². The molecule has 6 nitrogen and oxygen atoms in total. The number of hydrogen-bond donors (Lipinski definition) is 1. The maximum absolute atomic E-state index is 12.4. The second-order valence-electron chi connectivity index (χ2n) is 6.62. The van der Waals surface area contributed by atoms with E-state index in [1.807, 2.05) is 61.5 Å². The highest BCUT2D eigenvalue weighted by Gasteiger charge is 2.32. The van der Waals surface area contributed by atoms with Crippen LogP contribution in [0.4, 0.5) is 10.5 Å². The fourth-order valence-electron chi connectivity index (χ4n) is 3.16. The van der Waals surface area contributed by atoms with Gasteiger partial charge in [-0.25, -0.2) is 4.79 Å². The van der Waals surface area contributed by atoms with E-state index in [9.17, 15) is 9.59 Å². The van der Waals surface area contributed by atoms with E-state index in [0.29, 0.717) is 26.1 Å². The first-order valence-corrected chi connectivity index (χ1v) is 9.15. The molecule has 0 bridgehead atoms. The van der Waals surface area contributed by atoms with Gasteiger partial charge < -0.3 is 19.9 Å². The minimum Gasteiger partial charge on any atom is -0.494 e. The highest BCUT2D eigenvalue weighted by molar-refractivity contribution is 5.96. The van der Waals surface area contributed by atoms with Crippen molar-refractivity contribution in [2.24, 2.45) is 0 Å². The molecule has 6 heteroatoms. The van der Waals surface area contributed by atoms with Crippen LogP contribution in [0.5, 0.6) is 5.75 Å². The number of amides is 3. The summed E-state index contributed by atoms with van der Waals surface area (Å²) in [6, 6.07) is 16.9. The number of ether oxygens (including phenoxy) is 1. The van der Waals surface area contributed by atoms with Crippen molar-refractivity contribution < 1.29 is 14.3 Å². The van der Waals surface area contributed by atoms with Crippen molar-refractivity contribution in [3.63, 3.8) is 0 Å². The standard InChI is InChI=1S/C21H25N3O3/c1-3-27-19-11-9-18(10-12-19)24-15-17(13-20(24)25)22-21(26)23(2)14-16-7-5-4-6-8-16/h4-12,17H,3,13-15H2,1-2H3,(H,22,26). The first kappa shape index (κ1) is 18.8. The zero-order chi connectivity index (χ0) is 19.2. The van der Waals surface area contributed by atoms with Gasteiger partial charge in [-0.15, -0.1) is 0 Å². The van der Waals surface area contributed by atoms with Crippen LogP contribution in [0.2, 0.25) is 0 Å². The van der Waals surface area contributed by atoms with Gasteiger partial charge in [-0.1, -0.05) is 30.3 Å². The van der Waals surface area contributed by atoms with E-state index in [1.54, 1.807) is 16.8 Å². The van der Waals surface area contributed by atoms with Crippen LogP contribution in [0, 0.1) is 0 Å². The Morgan fingerprint density at radius 3 is 2.56 bits per heavy atom. The Labute approximate surface area is 159 Å². The van der Waals surface area contributed by atoms with E-state index >= 15 is 0 Å². The summed E-state index contributed by atoms with van der Waals surface area (Å²) in [5, 5.41) is 2.96. The van der Waals surface area contributed by atoms with Crippen molar-refractivity contribution in [2.45, 2.75) is 25.9 Å². The van der Waals surface area contributed by atoms with Crippen LogP contribution in [0.1, 0.15) is 18.9 Å². The van der Waals surface area contributed by atoms with Gasteiger partial charge in [0.2, 0.25) is 5.91 Å². The molecule has 2 aromatic rings. The second-order valence-corrected chi connectivity index (χ2v) is 6.62. The predicted molar refractivity (Wildman–Crippen MR) is 105 cm³/mol. The van der Waals surface area contributed by atoms with Crippen molar-refractivity contribution >= 4 is 17.6 Å². The molecule has 142 valence electrons. The summed E-state index contributed by atoms with van der Waals surface area (Å²) in [5.74, 6) is 0.787. The third kappa shape index (κ3) is 4.78. The zero-order valence-electron chi connectivity index (χ0n) is 15.7. The number of rotatable bonds is 6. The molecule has 1 unspecified atom stereocenters. The summed E-state index contributed by atoms with van der Waals surface area (Å²) in [6.45, 7) is 3.53. The van der Waals surface area contributed by atoms with Crippen LogP contribution < -0.4 is 15.0 Å². The topological polar surface area (TPSA) is 61.9 Å². The average Bonchev–Trinajstić information content (AvgIpc) is 3.03. The Morgan fingerprint density at radius 2 is 1.89 bits per heavy atom. The molecule has 0 aliphatic carbocycles. The molecule has 1 aliphatic heterocycles. The Bertz CT molecular complexity index is 777. The molecule has 0 radical (unpaired) electrons. The summed E-state index contributed by atoms with van der Waals surface area (Å²) in [6.07, 6.45) is 0.304. The number of nitrogens with one attached hydrogen (secondary N) is 1. The normalized spacial score (nSPS) is 16.3. The fraction of sp³-hybridized carbons (Fsp3) is 0.333. The monoisotopic (exact) mass is 367 g/mol. The SMILES string of the molecule is CCOc1ccc(N2CC(NC(=O)N(C)Cc3ccccc3)CC2=O)cc1. The van der Waals surface area contributed by atoms with Gasteiger partial charge >= 0.3 is 6.03 Å². The first-order valence-electron chi connectivity index (χ1n) is 9.15. The van der Waals surface area contributed by atoms with E-state index < -0.39 is 0 Å². The Kier molecular flexibility index (Phi) is 5.96. The lowest BCUT2D eigenvalue weighted by molar-refractivity contribution is -0.117. The summed E-state index contributed by atoms with van der Waals surface area (Å²) in [5.41, 5.74) is 1.88. The highest BCUT2D eigenvalue weighted by atomic mass is 16.5. The van der Waals surface area contributed by atoms with E-state index in [0.717, 1.165) is 17.0 Å². The third-order valence-electron chi connectivity index (χ3n) is 4.52. The molecular formula is C21H25N3O3. The molecule has 1 fully saturated rings. The van der Waals surface area contributed by atoms with Gasteiger partial charge in [0, 0.05) is 32.2 Å². The number of carbonyl (C=O) groups is 2. The lowest BCUT2D eigenvalue weighted by Crippen LogP contribution is -2.43. The summed E-state index contributed by atoms with van der Waals surface area (Å²) < 4.78 is 5.43. The molecule has 1 N–H and O–H groups in total. The van der Waals surface area contributed by atoms with Crippen molar-refractivity contribution in [1.82, 2.24) is 10.2 Å². The van der Waals surface area contributed by atoms with E-state index in [-0.39, 0.29) is 18.0 Å². The molecule has 27 heavy (non-hydrogen) atoms. The minimum atomic E-state index is -0.199. The van der Waals surface area contributed by atoms with Crippen molar-refractivity contribution in [3.8, 4) is 5.75 Å². The maximum atomic E-state index is 12.4. The third-order valence-corrected chi connectivity index (χ3v) is 4.52. The van der Waals surface area contributed by atoms with Crippen LogP contribution in [0.3, 0.4) is 0 Å². The molecular weight excluding hydrogens is 342 g/mol. The van der Waals surface area contributed by atoms with Crippen molar-refractivity contribution in [3.05, 3.63) is 60.2 Å². The first-order chi connectivity index (χ1) is 13.1. The van der Waals surface area contributed by atoms with E-state index in [1.165, 1.54) is 0 Å². The molecule has 0 saturated carbocycles. The zero-order valence-corrected chi connectivity index (χ0v) is 15.7. The molecule has 3 rings (SSSR count).